The van der Waals surface area contributed by atoms with Crippen LogP contribution in [0.4, 0.5) is 11.5 Å². The van der Waals surface area contributed by atoms with E-state index in [4.69, 9.17) is 0 Å². The molecular formula is C22H25N5O3S. The maximum atomic E-state index is 12.6. The number of likely N-dealkylation sites (tertiary alicyclic amines) is 1. The zero-order valence-corrected chi connectivity index (χ0v) is 18.2. The number of piperidine rings is 1. The Balaban J connectivity index is 1.35. The van der Waals surface area contributed by atoms with Gasteiger partial charge in [0.05, 0.1) is 28.3 Å². The zero-order chi connectivity index (χ0) is 21.8. The Labute approximate surface area is 184 Å². The van der Waals surface area contributed by atoms with Crippen LogP contribution in [-0.4, -0.2) is 38.6 Å². The van der Waals surface area contributed by atoms with Crippen LogP contribution in [0.1, 0.15) is 45.8 Å². The van der Waals surface area contributed by atoms with Crippen molar-refractivity contribution in [3.8, 4) is 0 Å². The lowest BCUT2D eigenvalue weighted by molar-refractivity contribution is -0.389. The van der Waals surface area contributed by atoms with Gasteiger partial charge in [-0.15, -0.1) is 11.3 Å². The lowest BCUT2D eigenvalue weighted by Gasteiger charge is -2.26. The van der Waals surface area contributed by atoms with Crippen molar-refractivity contribution in [3.05, 3.63) is 73.6 Å². The summed E-state index contributed by atoms with van der Waals surface area (Å²) in [6.45, 7) is 5.42. The minimum absolute atomic E-state index is 0.164. The Morgan fingerprint density at radius 3 is 2.55 bits per heavy atom. The molecule has 3 aromatic rings. The molecule has 0 unspecified atom stereocenters. The van der Waals surface area contributed by atoms with E-state index in [0.717, 1.165) is 30.9 Å². The third-order valence-electron chi connectivity index (χ3n) is 5.43. The average molecular weight is 440 g/mol. The highest BCUT2D eigenvalue weighted by Gasteiger charge is 2.17. The maximum Gasteiger partial charge on any atom is 0.390 e. The number of amides is 1. The van der Waals surface area contributed by atoms with Crippen LogP contribution in [0.25, 0.3) is 0 Å². The van der Waals surface area contributed by atoms with Gasteiger partial charge in [0.1, 0.15) is 0 Å². The van der Waals surface area contributed by atoms with Crippen molar-refractivity contribution in [3.63, 3.8) is 0 Å². The van der Waals surface area contributed by atoms with Crippen LogP contribution in [-0.2, 0) is 13.1 Å². The first-order valence-corrected chi connectivity index (χ1v) is 11.2. The highest BCUT2D eigenvalue weighted by Crippen LogP contribution is 2.20. The number of aryl methyl sites for hydroxylation is 1. The van der Waals surface area contributed by atoms with E-state index < -0.39 is 4.92 Å². The molecule has 31 heavy (non-hydrogen) atoms. The Kier molecular flexibility index (Phi) is 6.43. The van der Waals surface area contributed by atoms with Crippen molar-refractivity contribution in [1.82, 2.24) is 14.7 Å². The predicted octanol–water partition coefficient (Wildman–Crippen LogP) is 4.45. The van der Waals surface area contributed by atoms with Crippen LogP contribution in [0.5, 0.6) is 0 Å². The lowest BCUT2D eigenvalue weighted by atomic mass is 10.1. The van der Waals surface area contributed by atoms with E-state index in [1.54, 1.807) is 17.7 Å². The molecule has 1 aromatic carbocycles. The van der Waals surface area contributed by atoms with Crippen LogP contribution in [0.3, 0.4) is 0 Å². The van der Waals surface area contributed by atoms with Gasteiger partial charge in [-0.1, -0.05) is 18.6 Å². The number of nitrogens with one attached hydrogen (secondary N) is 1. The molecule has 1 aliphatic rings. The third-order valence-corrected chi connectivity index (χ3v) is 6.41. The third kappa shape index (κ3) is 5.36. The molecule has 0 radical (unpaired) electrons. The quantitative estimate of drug-likeness (QED) is 0.434. The minimum Gasteiger partial charge on any atom is -0.358 e. The number of rotatable bonds is 7. The summed E-state index contributed by atoms with van der Waals surface area (Å²) < 4.78 is 1.57. The number of hydrogen-bond acceptors (Lipinski definition) is 6. The summed E-state index contributed by atoms with van der Waals surface area (Å²) in [6, 6.07) is 11.3. The molecule has 4 rings (SSSR count). The molecule has 0 spiro atoms. The molecule has 1 N–H and O–H groups in total. The second-order valence-electron chi connectivity index (χ2n) is 7.87. The number of thiophene rings is 1. The molecule has 162 valence electrons. The molecule has 0 atom stereocenters. The summed E-state index contributed by atoms with van der Waals surface area (Å²) in [7, 11) is 0. The SMILES string of the molecule is Cc1cc([N+](=O)[O-])nn1Cc1csc(C(=O)Nc2ccc(CN3CCCCC3)cc2)c1. The van der Waals surface area contributed by atoms with Gasteiger partial charge in [-0.2, -0.15) is 4.68 Å². The minimum atomic E-state index is -0.506. The topological polar surface area (TPSA) is 93.3 Å². The standard InChI is InChI=1S/C22H25N5O3S/c1-16-11-21(27(29)30)24-26(16)14-18-12-20(31-15-18)22(28)23-19-7-5-17(6-8-19)13-25-9-3-2-4-10-25/h5-8,11-12,15H,2-4,9-10,13-14H2,1H3,(H,23,28). The number of hydrogen-bond donors (Lipinski definition) is 1. The van der Waals surface area contributed by atoms with Gasteiger partial charge >= 0.3 is 5.82 Å². The van der Waals surface area contributed by atoms with Gasteiger partial charge in [-0.25, -0.2) is 0 Å². The number of nitrogens with zero attached hydrogens (tertiary/aromatic N) is 4. The van der Waals surface area contributed by atoms with Crippen molar-refractivity contribution in [2.45, 2.75) is 39.3 Å². The molecule has 2 aromatic heterocycles. The fourth-order valence-electron chi connectivity index (χ4n) is 3.75. The Morgan fingerprint density at radius 1 is 1.13 bits per heavy atom. The lowest BCUT2D eigenvalue weighted by Crippen LogP contribution is -2.29. The molecule has 0 saturated carbocycles. The summed E-state index contributed by atoms with van der Waals surface area (Å²) in [5.74, 6) is -0.336. The van der Waals surface area contributed by atoms with Crippen molar-refractivity contribution in [1.29, 1.82) is 0 Å². The van der Waals surface area contributed by atoms with Crippen molar-refractivity contribution in [2.24, 2.45) is 0 Å². The first-order valence-electron chi connectivity index (χ1n) is 10.4. The maximum absolute atomic E-state index is 12.6. The molecule has 9 heteroatoms. The predicted molar refractivity (Wildman–Crippen MR) is 121 cm³/mol. The Hall–Kier alpha value is -3.04. The van der Waals surface area contributed by atoms with Crippen LogP contribution >= 0.6 is 11.3 Å². The number of anilines is 1. The van der Waals surface area contributed by atoms with Crippen LogP contribution in [0.2, 0.25) is 0 Å². The molecule has 3 heterocycles. The van der Waals surface area contributed by atoms with E-state index >= 15 is 0 Å². The van der Waals surface area contributed by atoms with Gasteiger partial charge < -0.3 is 15.4 Å². The van der Waals surface area contributed by atoms with Gasteiger partial charge in [-0.05, 0) is 72.5 Å². The summed E-state index contributed by atoms with van der Waals surface area (Å²) in [4.78, 5) is 26.1. The summed E-state index contributed by atoms with van der Waals surface area (Å²) in [5.41, 5.74) is 3.60. The van der Waals surface area contributed by atoms with Crippen LogP contribution in [0.15, 0.2) is 41.8 Å². The zero-order valence-electron chi connectivity index (χ0n) is 17.4. The van der Waals surface area contributed by atoms with Crippen molar-refractivity contribution in [2.75, 3.05) is 18.4 Å². The fraction of sp³-hybridized carbons (Fsp3) is 0.364. The molecular weight excluding hydrogens is 414 g/mol. The van der Waals surface area contributed by atoms with Gasteiger partial charge in [-0.3, -0.25) is 9.69 Å². The highest BCUT2D eigenvalue weighted by atomic mass is 32.1. The summed E-state index contributed by atoms with van der Waals surface area (Å²) in [6.07, 6.45) is 3.87. The molecule has 0 aliphatic carbocycles. The number of benzene rings is 1. The van der Waals surface area contributed by atoms with Gasteiger partial charge in [0.25, 0.3) is 5.91 Å². The second kappa shape index (κ2) is 9.40. The molecule has 1 saturated heterocycles. The summed E-state index contributed by atoms with van der Waals surface area (Å²) >= 11 is 1.35. The smallest absolute Gasteiger partial charge is 0.358 e. The van der Waals surface area contributed by atoms with Gasteiger partial charge in [0, 0.05) is 12.2 Å². The highest BCUT2D eigenvalue weighted by molar-refractivity contribution is 7.12. The number of aromatic nitrogens is 2. The molecule has 1 aliphatic heterocycles. The van der Waals surface area contributed by atoms with E-state index in [2.05, 4.69) is 27.4 Å². The van der Waals surface area contributed by atoms with E-state index in [9.17, 15) is 14.9 Å². The number of carbonyl (C=O) groups excluding carboxylic acids is 1. The fourth-order valence-corrected chi connectivity index (χ4v) is 4.55. The van der Waals surface area contributed by atoms with E-state index in [0.29, 0.717) is 17.1 Å². The average Bonchev–Trinajstić information content (AvgIpc) is 3.38. The first-order chi connectivity index (χ1) is 15.0. The Morgan fingerprint density at radius 2 is 1.87 bits per heavy atom. The molecule has 0 bridgehead atoms. The van der Waals surface area contributed by atoms with Crippen LogP contribution in [0, 0.1) is 17.0 Å². The second-order valence-corrected chi connectivity index (χ2v) is 8.78. The number of carbonyl (C=O) groups is 1. The monoisotopic (exact) mass is 439 g/mol. The van der Waals surface area contributed by atoms with E-state index in [1.807, 2.05) is 17.5 Å². The van der Waals surface area contributed by atoms with E-state index in [1.165, 1.54) is 42.2 Å². The van der Waals surface area contributed by atoms with Crippen LogP contribution < -0.4 is 5.32 Å². The molecule has 1 fully saturated rings. The molecule has 1 amide bonds. The number of nitro groups is 1. The molecule has 8 nitrogen and oxygen atoms in total. The Bertz CT molecular complexity index is 1070. The van der Waals surface area contributed by atoms with E-state index in [-0.39, 0.29) is 11.7 Å². The van der Waals surface area contributed by atoms with Gasteiger partial charge in [0.15, 0.2) is 0 Å². The first kappa shape index (κ1) is 21.2. The normalized spacial score (nSPS) is 14.5. The largest absolute Gasteiger partial charge is 0.390 e. The summed E-state index contributed by atoms with van der Waals surface area (Å²) in [5, 5.41) is 19.7. The van der Waals surface area contributed by atoms with Crippen molar-refractivity contribution >= 4 is 28.7 Å². The van der Waals surface area contributed by atoms with Crippen molar-refractivity contribution < 1.29 is 9.72 Å². The van der Waals surface area contributed by atoms with Gasteiger partial charge in [0.2, 0.25) is 0 Å².